The maximum Gasteiger partial charge on any atom is 0.139 e. The van der Waals surface area contributed by atoms with E-state index in [1.807, 2.05) is 0 Å². The van der Waals surface area contributed by atoms with Gasteiger partial charge in [-0.05, 0) is 13.8 Å². The summed E-state index contributed by atoms with van der Waals surface area (Å²) in [7, 11) is 0. The van der Waals surface area contributed by atoms with Gasteiger partial charge in [0.2, 0.25) is 0 Å². The first kappa shape index (κ1) is 9.84. The first-order valence-corrected chi connectivity index (χ1v) is 3.23. The predicted octanol–water partition coefficient (Wildman–Crippen LogP) is -0.309. The minimum atomic E-state index is -1.42. The Morgan fingerprint density at radius 3 is 1.90 bits per heavy atom. The average Bonchev–Trinajstić information content (AvgIpc) is 1.86. The number of aliphatic hydroxyl groups excluding tert-OH is 1. The zero-order valence-electron chi connectivity index (χ0n) is 6.50. The Kier molecular flexibility index (Phi) is 3.24. The molecule has 0 aliphatic carbocycles. The predicted molar refractivity (Wildman–Crippen MR) is 36.4 cm³/mol. The van der Waals surface area contributed by atoms with Crippen LogP contribution in [0.4, 0.5) is 0 Å². The Morgan fingerprint density at radius 1 is 1.40 bits per heavy atom. The van der Waals surface area contributed by atoms with Crippen molar-refractivity contribution in [2.75, 3.05) is 0 Å². The molecule has 4 N–H and O–H groups in total. The molecule has 0 amide bonds. The van der Waals surface area contributed by atoms with Crippen LogP contribution in [0, 0.1) is 5.92 Å². The summed E-state index contributed by atoms with van der Waals surface area (Å²) in [4.78, 5) is 0. The van der Waals surface area contributed by atoms with Crippen molar-refractivity contribution >= 4 is 0 Å². The monoisotopic (exact) mass is 149 g/mol. The maximum absolute atomic E-state index is 9.24. The molecule has 0 aliphatic rings. The van der Waals surface area contributed by atoms with E-state index in [9.17, 15) is 5.11 Å². The summed E-state index contributed by atoms with van der Waals surface area (Å²) in [5.74, 6) is -0.419. The van der Waals surface area contributed by atoms with Gasteiger partial charge in [-0.1, -0.05) is 6.92 Å². The Hall–Kier alpha value is -0.160. The third-order valence-corrected chi connectivity index (χ3v) is 1.84. The van der Waals surface area contributed by atoms with Crippen LogP contribution >= 0.6 is 0 Å². The second-order valence-electron chi connectivity index (χ2n) is 2.79. The van der Waals surface area contributed by atoms with Gasteiger partial charge in [0.25, 0.3) is 0 Å². The summed E-state index contributed by atoms with van der Waals surface area (Å²) >= 11 is 0. The molecule has 0 bridgehead atoms. The lowest BCUT2D eigenvalue weighted by Gasteiger charge is -2.30. The average molecular weight is 149 g/mol. The van der Waals surface area contributed by atoms with Crippen molar-refractivity contribution in [1.82, 2.24) is 5.48 Å². The lowest BCUT2D eigenvalue weighted by Crippen LogP contribution is -2.49. The molecule has 0 fully saturated rings. The van der Waals surface area contributed by atoms with Crippen LogP contribution in [0.1, 0.15) is 20.8 Å². The Bertz CT molecular complexity index is 103. The molecule has 10 heavy (non-hydrogen) atoms. The van der Waals surface area contributed by atoms with Crippen LogP contribution in [-0.2, 0) is 0 Å². The Labute approximate surface area is 60.5 Å². The summed E-state index contributed by atoms with van der Waals surface area (Å²) < 4.78 is 0. The van der Waals surface area contributed by atoms with Crippen LogP contribution in [0.2, 0.25) is 0 Å². The highest BCUT2D eigenvalue weighted by Gasteiger charge is 2.30. The second-order valence-corrected chi connectivity index (χ2v) is 2.79. The number of hydrogen-bond donors (Lipinski definition) is 4. The maximum atomic E-state index is 9.24. The van der Waals surface area contributed by atoms with E-state index >= 15 is 0 Å². The van der Waals surface area contributed by atoms with Crippen molar-refractivity contribution in [2.45, 2.75) is 32.6 Å². The number of hydroxylamine groups is 1. The fourth-order valence-corrected chi connectivity index (χ4v) is 0.571. The van der Waals surface area contributed by atoms with Crippen LogP contribution in [-0.4, -0.2) is 27.2 Å². The van der Waals surface area contributed by atoms with E-state index in [0.29, 0.717) is 0 Å². The van der Waals surface area contributed by atoms with Crippen LogP contribution in [0.5, 0.6) is 0 Å². The molecule has 0 spiro atoms. The fourth-order valence-electron chi connectivity index (χ4n) is 0.571. The van der Waals surface area contributed by atoms with Crippen molar-refractivity contribution in [3.8, 4) is 0 Å². The van der Waals surface area contributed by atoms with Gasteiger partial charge in [-0.25, -0.2) is 0 Å². The van der Waals surface area contributed by atoms with Crippen LogP contribution in [0.25, 0.3) is 0 Å². The number of aliphatic hydroxyl groups is 2. The molecule has 0 aromatic carbocycles. The minimum absolute atomic E-state index is 0.419. The molecule has 3 atom stereocenters. The van der Waals surface area contributed by atoms with Crippen LogP contribution in [0.15, 0.2) is 0 Å². The first-order chi connectivity index (χ1) is 4.41. The SMILES string of the molecule is CC(O)C(C)C(C)(O)NO. The van der Waals surface area contributed by atoms with E-state index in [-0.39, 0.29) is 0 Å². The summed E-state index contributed by atoms with van der Waals surface area (Å²) in [5.41, 5.74) is 0.296. The Morgan fingerprint density at radius 2 is 1.80 bits per heavy atom. The molecule has 4 nitrogen and oxygen atoms in total. The van der Waals surface area contributed by atoms with Gasteiger partial charge < -0.3 is 15.4 Å². The van der Waals surface area contributed by atoms with Crippen LogP contribution in [0.3, 0.4) is 0 Å². The molecule has 4 heteroatoms. The number of nitrogens with one attached hydrogen (secondary N) is 1. The molecule has 0 radical (unpaired) electrons. The molecule has 0 aliphatic heterocycles. The lowest BCUT2D eigenvalue weighted by molar-refractivity contribution is -0.137. The van der Waals surface area contributed by atoms with Gasteiger partial charge in [0.1, 0.15) is 5.72 Å². The molecule has 0 rings (SSSR count). The Balaban J connectivity index is 4.03. The third-order valence-electron chi connectivity index (χ3n) is 1.84. The molecule has 0 saturated heterocycles. The highest BCUT2D eigenvalue weighted by atomic mass is 16.5. The number of rotatable bonds is 3. The molecule has 0 heterocycles. The number of hydrogen-bond acceptors (Lipinski definition) is 4. The van der Waals surface area contributed by atoms with Gasteiger partial charge in [-0.3, -0.25) is 0 Å². The molecule has 0 aromatic rings. The summed E-state index contributed by atoms with van der Waals surface area (Å²) in [6.07, 6.45) is -0.658. The zero-order chi connectivity index (χ0) is 8.36. The molecule has 62 valence electrons. The standard InChI is InChI=1S/C6H15NO3/c1-4(5(2)8)6(3,9)7-10/h4-5,7-10H,1-3H3. The van der Waals surface area contributed by atoms with Gasteiger partial charge in [0.05, 0.1) is 6.10 Å². The highest BCUT2D eigenvalue weighted by Crippen LogP contribution is 2.16. The topological polar surface area (TPSA) is 72.7 Å². The third kappa shape index (κ3) is 2.22. The lowest BCUT2D eigenvalue weighted by atomic mass is 9.95. The summed E-state index contributed by atoms with van der Waals surface area (Å²) in [6.45, 7) is 4.58. The molecular weight excluding hydrogens is 134 g/mol. The molecule has 0 saturated carbocycles. The van der Waals surface area contributed by atoms with Gasteiger partial charge >= 0.3 is 0 Å². The van der Waals surface area contributed by atoms with Gasteiger partial charge in [0, 0.05) is 5.92 Å². The van der Waals surface area contributed by atoms with Crippen molar-refractivity contribution in [1.29, 1.82) is 0 Å². The van der Waals surface area contributed by atoms with Crippen molar-refractivity contribution < 1.29 is 15.4 Å². The van der Waals surface area contributed by atoms with Crippen LogP contribution < -0.4 is 5.48 Å². The fraction of sp³-hybridized carbons (Fsp3) is 1.00. The molecule has 0 aromatic heterocycles. The summed E-state index contributed by atoms with van der Waals surface area (Å²) in [6, 6.07) is 0. The van der Waals surface area contributed by atoms with E-state index in [0.717, 1.165) is 0 Å². The second kappa shape index (κ2) is 3.30. The van der Waals surface area contributed by atoms with E-state index in [1.54, 1.807) is 19.3 Å². The van der Waals surface area contributed by atoms with E-state index in [2.05, 4.69) is 0 Å². The normalized spacial score (nSPS) is 23.4. The first-order valence-electron chi connectivity index (χ1n) is 3.23. The summed E-state index contributed by atoms with van der Waals surface area (Å²) in [5, 5.41) is 26.6. The largest absolute Gasteiger partial charge is 0.393 e. The van der Waals surface area contributed by atoms with Gasteiger partial charge in [0.15, 0.2) is 0 Å². The molecular formula is C6H15NO3. The quantitative estimate of drug-likeness (QED) is 0.328. The van der Waals surface area contributed by atoms with E-state index in [1.165, 1.54) is 6.92 Å². The highest BCUT2D eigenvalue weighted by molar-refractivity contribution is 4.76. The van der Waals surface area contributed by atoms with Crippen molar-refractivity contribution in [3.63, 3.8) is 0 Å². The van der Waals surface area contributed by atoms with Crippen molar-refractivity contribution in [2.24, 2.45) is 5.92 Å². The minimum Gasteiger partial charge on any atom is -0.393 e. The zero-order valence-corrected chi connectivity index (χ0v) is 6.50. The van der Waals surface area contributed by atoms with Gasteiger partial charge in [-0.15, -0.1) is 0 Å². The smallest absolute Gasteiger partial charge is 0.139 e. The van der Waals surface area contributed by atoms with Gasteiger partial charge in [-0.2, -0.15) is 5.48 Å². The molecule has 3 unspecified atom stereocenters. The van der Waals surface area contributed by atoms with E-state index in [4.69, 9.17) is 10.3 Å². The van der Waals surface area contributed by atoms with Crippen molar-refractivity contribution in [3.05, 3.63) is 0 Å². The van der Waals surface area contributed by atoms with E-state index < -0.39 is 17.7 Å².